The summed E-state index contributed by atoms with van der Waals surface area (Å²) < 4.78 is 0. The monoisotopic (exact) mass is 142 g/mol. The Morgan fingerprint density at radius 1 is 1.30 bits per heavy atom. The SMILES string of the molecule is CC[C@@H]1C[C@@H](C)C[C@H](O)C1. The Balaban J connectivity index is 2.35. The third-order valence-corrected chi connectivity index (χ3v) is 2.59. The van der Waals surface area contributed by atoms with Crippen LogP contribution >= 0.6 is 0 Å². The molecule has 3 atom stereocenters. The number of hydrogen-bond donors (Lipinski definition) is 1. The van der Waals surface area contributed by atoms with E-state index in [0.717, 1.165) is 24.7 Å². The maximum Gasteiger partial charge on any atom is 0.0545 e. The van der Waals surface area contributed by atoms with Crippen molar-refractivity contribution in [3.63, 3.8) is 0 Å². The third-order valence-electron chi connectivity index (χ3n) is 2.59. The van der Waals surface area contributed by atoms with E-state index in [9.17, 15) is 5.11 Å². The molecular formula is C9H18O. The molecule has 0 heterocycles. The van der Waals surface area contributed by atoms with Crippen LogP contribution in [0.25, 0.3) is 0 Å². The van der Waals surface area contributed by atoms with Gasteiger partial charge in [-0.15, -0.1) is 0 Å². The summed E-state index contributed by atoms with van der Waals surface area (Å²) >= 11 is 0. The Hall–Kier alpha value is -0.0400. The molecule has 1 aliphatic carbocycles. The Bertz CT molecular complexity index is 90.9. The van der Waals surface area contributed by atoms with Crippen LogP contribution in [0.15, 0.2) is 0 Å². The van der Waals surface area contributed by atoms with E-state index in [2.05, 4.69) is 13.8 Å². The first kappa shape index (κ1) is 8.06. The maximum absolute atomic E-state index is 9.38. The third kappa shape index (κ3) is 1.98. The summed E-state index contributed by atoms with van der Waals surface area (Å²) in [5.74, 6) is 1.53. The molecule has 0 radical (unpaired) electrons. The topological polar surface area (TPSA) is 20.2 Å². The predicted octanol–water partition coefficient (Wildman–Crippen LogP) is 2.19. The van der Waals surface area contributed by atoms with Crippen LogP contribution in [0.1, 0.15) is 39.5 Å². The number of aliphatic hydroxyl groups excluding tert-OH is 1. The minimum Gasteiger partial charge on any atom is -0.393 e. The van der Waals surface area contributed by atoms with E-state index in [4.69, 9.17) is 0 Å². The Morgan fingerprint density at radius 2 is 2.00 bits per heavy atom. The lowest BCUT2D eigenvalue weighted by Gasteiger charge is -2.29. The summed E-state index contributed by atoms with van der Waals surface area (Å²) in [4.78, 5) is 0. The molecule has 0 aromatic carbocycles. The zero-order valence-corrected chi connectivity index (χ0v) is 7.01. The molecule has 0 aliphatic heterocycles. The molecule has 1 N–H and O–H groups in total. The van der Waals surface area contributed by atoms with E-state index >= 15 is 0 Å². The van der Waals surface area contributed by atoms with Crippen molar-refractivity contribution in [2.75, 3.05) is 0 Å². The molecule has 0 spiro atoms. The summed E-state index contributed by atoms with van der Waals surface area (Å²) in [7, 11) is 0. The fraction of sp³-hybridized carbons (Fsp3) is 1.00. The Kier molecular flexibility index (Phi) is 2.72. The average Bonchev–Trinajstić information content (AvgIpc) is 1.85. The summed E-state index contributed by atoms with van der Waals surface area (Å²) in [5, 5.41) is 9.38. The van der Waals surface area contributed by atoms with Gasteiger partial charge in [-0.1, -0.05) is 20.3 Å². The van der Waals surface area contributed by atoms with Gasteiger partial charge < -0.3 is 5.11 Å². The normalized spacial score (nSPS) is 41.7. The van der Waals surface area contributed by atoms with Crippen LogP contribution in [-0.4, -0.2) is 11.2 Å². The van der Waals surface area contributed by atoms with E-state index in [0.29, 0.717) is 0 Å². The Labute approximate surface area is 63.4 Å². The molecule has 1 rings (SSSR count). The van der Waals surface area contributed by atoms with Crippen LogP contribution in [0.3, 0.4) is 0 Å². The summed E-state index contributed by atoms with van der Waals surface area (Å²) in [5.41, 5.74) is 0. The second kappa shape index (κ2) is 3.38. The molecule has 0 bridgehead atoms. The number of aliphatic hydroxyl groups is 1. The molecule has 0 aromatic rings. The van der Waals surface area contributed by atoms with Gasteiger partial charge in [0.2, 0.25) is 0 Å². The second-order valence-corrected chi connectivity index (χ2v) is 3.74. The molecule has 1 saturated carbocycles. The van der Waals surface area contributed by atoms with Crippen LogP contribution in [0.2, 0.25) is 0 Å². The lowest BCUT2D eigenvalue weighted by molar-refractivity contribution is 0.0738. The van der Waals surface area contributed by atoms with Crippen molar-refractivity contribution in [1.29, 1.82) is 0 Å². The van der Waals surface area contributed by atoms with E-state index in [1.165, 1.54) is 12.8 Å². The van der Waals surface area contributed by atoms with Gasteiger partial charge in [0.05, 0.1) is 6.10 Å². The minimum absolute atomic E-state index is 0.00583. The predicted molar refractivity (Wildman–Crippen MR) is 42.8 cm³/mol. The van der Waals surface area contributed by atoms with Gasteiger partial charge in [0, 0.05) is 0 Å². The summed E-state index contributed by atoms with van der Waals surface area (Å²) in [6.07, 6.45) is 4.63. The highest BCUT2D eigenvalue weighted by Crippen LogP contribution is 2.30. The van der Waals surface area contributed by atoms with Crippen LogP contribution in [-0.2, 0) is 0 Å². The molecule has 1 heteroatoms. The van der Waals surface area contributed by atoms with Crippen LogP contribution in [0.4, 0.5) is 0 Å². The highest BCUT2D eigenvalue weighted by Gasteiger charge is 2.23. The Morgan fingerprint density at radius 3 is 2.50 bits per heavy atom. The highest BCUT2D eigenvalue weighted by molar-refractivity contribution is 4.75. The van der Waals surface area contributed by atoms with Gasteiger partial charge in [0.25, 0.3) is 0 Å². The molecular weight excluding hydrogens is 124 g/mol. The molecule has 0 amide bonds. The number of rotatable bonds is 1. The van der Waals surface area contributed by atoms with Crippen molar-refractivity contribution < 1.29 is 5.11 Å². The quantitative estimate of drug-likeness (QED) is 0.595. The van der Waals surface area contributed by atoms with E-state index in [1.807, 2.05) is 0 Å². The lowest BCUT2D eigenvalue weighted by Crippen LogP contribution is -2.24. The molecule has 1 fully saturated rings. The lowest BCUT2D eigenvalue weighted by atomic mass is 9.80. The van der Waals surface area contributed by atoms with Crippen molar-refractivity contribution in [2.45, 2.75) is 45.6 Å². The van der Waals surface area contributed by atoms with Crippen molar-refractivity contribution in [3.8, 4) is 0 Å². The molecule has 1 nitrogen and oxygen atoms in total. The number of hydrogen-bond acceptors (Lipinski definition) is 1. The van der Waals surface area contributed by atoms with Gasteiger partial charge in [-0.3, -0.25) is 0 Å². The summed E-state index contributed by atoms with van der Waals surface area (Å²) in [6, 6.07) is 0. The van der Waals surface area contributed by atoms with Crippen molar-refractivity contribution >= 4 is 0 Å². The fourth-order valence-corrected chi connectivity index (χ4v) is 2.04. The first-order valence-corrected chi connectivity index (χ1v) is 4.40. The van der Waals surface area contributed by atoms with E-state index in [-0.39, 0.29) is 6.10 Å². The molecule has 60 valence electrons. The van der Waals surface area contributed by atoms with E-state index in [1.54, 1.807) is 0 Å². The van der Waals surface area contributed by atoms with Crippen molar-refractivity contribution in [2.24, 2.45) is 11.8 Å². The summed E-state index contributed by atoms with van der Waals surface area (Å²) in [6.45, 7) is 4.46. The largest absolute Gasteiger partial charge is 0.393 e. The van der Waals surface area contributed by atoms with Crippen molar-refractivity contribution in [1.82, 2.24) is 0 Å². The van der Waals surface area contributed by atoms with E-state index < -0.39 is 0 Å². The maximum atomic E-state index is 9.38. The fourth-order valence-electron chi connectivity index (χ4n) is 2.04. The van der Waals surface area contributed by atoms with Gasteiger partial charge in [-0.2, -0.15) is 0 Å². The molecule has 0 unspecified atom stereocenters. The van der Waals surface area contributed by atoms with Gasteiger partial charge in [0.1, 0.15) is 0 Å². The molecule has 0 saturated heterocycles. The minimum atomic E-state index is -0.00583. The second-order valence-electron chi connectivity index (χ2n) is 3.74. The van der Waals surface area contributed by atoms with Crippen molar-refractivity contribution in [3.05, 3.63) is 0 Å². The first-order valence-electron chi connectivity index (χ1n) is 4.40. The zero-order chi connectivity index (χ0) is 7.56. The van der Waals surface area contributed by atoms with Gasteiger partial charge in [0.15, 0.2) is 0 Å². The molecule has 10 heavy (non-hydrogen) atoms. The van der Waals surface area contributed by atoms with Gasteiger partial charge in [-0.25, -0.2) is 0 Å². The van der Waals surface area contributed by atoms with Crippen LogP contribution < -0.4 is 0 Å². The van der Waals surface area contributed by atoms with Gasteiger partial charge >= 0.3 is 0 Å². The standard InChI is InChI=1S/C9H18O/c1-3-8-4-7(2)5-9(10)6-8/h7-10H,3-6H2,1-2H3/t7-,8-,9+/m1/s1. The average molecular weight is 142 g/mol. The first-order chi connectivity index (χ1) is 4.72. The molecule has 0 aromatic heterocycles. The van der Waals surface area contributed by atoms with Gasteiger partial charge in [-0.05, 0) is 31.1 Å². The highest BCUT2D eigenvalue weighted by atomic mass is 16.3. The van der Waals surface area contributed by atoms with Crippen LogP contribution in [0.5, 0.6) is 0 Å². The molecule has 1 aliphatic rings. The van der Waals surface area contributed by atoms with Crippen LogP contribution in [0, 0.1) is 11.8 Å². The zero-order valence-electron chi connectivity index (χ0n) is 7.01. The smallest absolute Gasteiger partial charge is 0.0545 e.